The van der Waals surface area contributed by atoms with Crippen molar-refractivity contribution in [3.8, 4) is 39.1 Å². The molecule has 5 heteroatoms. The number of nitrogens with zero attached hydrogens (tertiary/aromatic N) is 1. The van der Waals surface area contributed by atoms with Gasteiger partial charge in [-0.05, 0) is 98.4 Å². The van der Waals surface area contributed by atoms with Gasteiger partial charge < -0.3 is 18.7 Å². The fraction of sp³-hybridized carbons (Fsp3) is 0.123. The number of fused-ring (bicyclic) bond motifs is 12. The maximum Gasteiger partial charge on any atom is 0.198 e. The quantitative estimate of drug-likeness (QED) is 0.180. The minimum absolute atomic E-state index is 0.0652. The summed E-state index contributed by atoms with van der Waals surface area (Å²) in [5.41, 5.74) is 21.6. The zero-order valence-electron chi connectivity index (χ0n) is 35.4. The standard InChI is InChI=1S/C57H42BN2O2/c1-56(2,3)33-19-21-34(22-20-33)59-48-28-46-39(35-15-9-11-17-45(35)57(46,4)5)25-40(48)37-23-24-38-41-26-42-36-16-10-12-18-51(36)62-53(42)30-49(41)60-50-27-43-44(32-13-7-6-8-14-32)31-61-52(43)29-47(50)58-54(37)55(38)60/h6-31,59H,1-5H3. The number of hydrogen-bond acceptors (Lipinski definition) is 3. The fourth-order valence-electron chi connectivity index (χ4n) is 10.6. The Morgan fingerprint density at radius 3 is 2.19 bits per heavy atom. The molecule has 0 saturated heterocycles. The molecule has 4 heterocycles. The second kappa shape index (κ2) is 12.4. The molecule has 0 saturated carbocycles. The van der Waals surface area contributed by atoms with Crippen molar-refractivity contribution in [2.24, 2.45) is 0 Å². The largest absolute Gasteiger partial charge is 0.464 e. The molecule has 295 valence electrons. The lowest BCUT2D eigenvalue weighted by Crippen LogP contribution is -2.37. The van der Waals surface area contributed by atoms with Crippen LogP contribution in [0.15, 0.2) is 167 Å². The summed E-state index contributed by atoms with van der Waals surface area (Å²) >= 11 is 0. The predicted octanol–water partition coefficient (Wildman–Crippen LogP) is 14.1. The molecule has 1 aliphatic carbocycles. The molecule has 1 N–H and O–H groups in total. The van der Waals surface area contributed by atoms with Crippen LogP contribution in [0.5, 0.6) is 0 Å². The number of rotatable bonds is 4. The number of para-hydroxylation sites is 1. The lowest BCUT2D eigenvalue weighted by Gasteiger charge is -2.26. The minimum Gasteiger partial charge on any atom is -0.464 e. The van der Waals surface area contributed by atoms with Crippen LogP contribution in [-0.2, 0) is 10.8 Å². The molecule has 3 aromatic heterocycles. The van der Waals surface area contributed by atoms with E-state index in [2.05, 4.69) is 197 Å². The highest BCUT2D eigenvalue weighted by molar-refractivity contribution is 6.73. The van der Waals surface area contributed by atoms with Crippen LogP contribution in [0.25, 0.3) is 93.8 Å². The van der Waals surface area contributed by atoms with Gasteiger partial charge in [0, 0.05) is 72.1 Å². The van der Waals surface area contributed by atoms with E-state index in [1.165, 1.54) is 55.1 Å². The molecule has 1 radical (unpaired) electrons. The highest BCUT2D eigenvalue weighted by Gasteiger charge is 2.37. The van der Waals surface area contributed by atoms with Crippen LogP contribution >= 0.6 is 0 Å². The Labute approximate surface area is 360 Å². The van der Waals surface area contributed by atoms with Crippen LogP contribution in [0.1, 0.15) is 51.3 Å². The normalized spacial score (nSPS) is 13.8. The summed E-state index contributed by atoms with van der Waals surface area (Å²) in [6.07, 6.45) is 1.90. The molecule has 0 fully saturated rings. The smallest absolute Gasteiger partial charge is 0.198 e. The molecule has 0 bridgehead atoms. The number of anilines is 2. The molecule has 1 aliphatic heterocycles. The number of nitrogens with one attached hydrogen (secondary N) is 1. The maximum absolute atomic E-state index is 6.56. The monoisotopic (exact) mass is 797 g/mol. The van der Waals surface area contributed by atoms with Gasteiger partial charge in [0.25, 0.3) is 0 Å². The van der Waals surface area contributed by atoms with Crippen molar-refractivity contribution < 1.29 is 8.83 Å². The molecule has 0 amide bonds. The first-order valence-electron chi connectivity index (χ1n) is 21.6. The third kappa shape index (κ3) is 4.96. The summed E-state index contributed by atoms with van der Waals surface area (Å²) in [4.78, 5) is 0. The fourth-order valence-corrected chi connectivity index (χ4v) is 10.6. The van der Waals surface area contributed by atoms with Crippen molar-refractivity contribution in [1.82, 2.24) is 4.57 Å². The number of furan rings is 2. The Balaban J connectivity index is 1.10. The number of hydrogen-bond donors (Lipinski definition) is 1. The molecule has 0 atom stereocenters. The third-order valence-electron chi connectivity index (χ3n) is 13.9. The lowest BCUT2D eigenvalue weighted by molar-refractivity contribution is 0.590. The Hall–Kier alpha value is -7.24. The summed E-state index contributed by atoms with van der Waals surface area (Å²) in [6.45, 7) is 11.5. The highest BCUT2D eigenvalue weighted by Crippen LogP contribution is 2.52. The van der Waals surface area contributed by atoms with Crippen molar-refractivity contribution in [3.05, 3.63) is 175 Å². The van der Waals surface area contributed by atoms with Crippen molar-refractivity contribution in [2.45, 2.75) is 45.4 Å². The Morgan fingerprint density at radius 1 is 0.565 bits per heavy atom. The maximum atomic E-state index is 6.56. The van der Waals surface area contributed by atoms with E-state index < -0.39 is 0 Å². The summed E-state index contributed by atoms with van der Waals surface area (Å²) in [5.74, 6) is 0. The first kappa shape index (κ1) is 35.5. The van der Waals surface area contributed by atoms with Gasteiger partial charge in [0.05, 0.1) is 11.8 Å². The molecule has 4 nitrogen and oxygen atoms in total. The van der Waals surface area contributed by atoms with E-state index in [1.54, 1.807) is 0 Å². The number of aromatic nitrogens is 1. The zero-order chi connectivity index (χ0) is 41.6. The van der Waals surface area contributed by atoms with E-state index in [1.807, 2.05) is 12.3 Å². The van der Waals surface area contributed by atoms with Crippen LogP contribution in [0, 0.1) is 0 Å². The highest BCUT2D eigenvalue weighted by atomic mass is 16.3. The van der Waals surface area contributed by atoms with E-state index >= 15 is 0 Å². The van der Waals surface area contributed by atoms with Crippen LogP contribution in [0.4, 0.5) is 11.4 Å². The van der Waals surface area contributed by atoms with Gasteiger partial charge in [-0.1, -0.05) is 137 Å². The van der Waals surface area contributed by atoms with E-state index in [-0.39, 0.29) is 10.8 Å². The second-order valence-corrected chi connectivity index (χ2v) is 18.9. The topological polar surface area (TPSA) is 43.2 Å². The van der Waals surface area contributed by atoms with Gasteiger partial charge in [-0.2, -0.15) is 0 Å². The Bertz CT molecular complexity index is 3690. The molecule has 0 unspecified atom stereocenters. The molecule has 11 aromatic rings. The summed E-state index contributed by atoms with van der Waals surface area (Å²) in [7, 11) is 2.39. The molecule has 0 spiro atoms. The Morgan fingerprint density at radius 2 is 1.35 bits per heavy atom. The van der Waals surface area contributed by atoms with Gasteiger partial charge >= 0.3 is 0 Å². The van der Waals surface area contributed by atoms with Crippen molar-refractivity contribution in [1.29, 1.82) is 0 Å². The van der Waals surface area contributed by atoms with Gasteiger partial charge in [-0.3, -0.25) is 0 Å². The van der Waals surface area contributed by atoms with Gasteiger partial charge in [-0.25, -0.2) is 0 Å². The predicted molar refractivity (Wildman–Crippen MR) is 260 cm³/mol. The van der Waals surface area contributed by atoms with Gasteiger partial charge in [0.2, 0.25) is 0 Å². The van der Waals surface area contributed by atoms with E-state index in [9.17, 15) is 0 Å². The van der Waals surface area contributed by atoms with Crippen LogP contribution in [0.3, 0.4) is 0 Å². The van der Waals surface area contributed by atoms with Crippen molar-refractivity contribution >= 4 is 84.3 Å². The summed E-state index contributed by atoms with van der Waals surface area (Å²) < 4.78 is 15.4. The molecule has 62 heavy (non-hydrogen) atoms. The lowest BCUT2D eigenvalue weighted by atomic mass is 9.59. The molecule has 2 aliphatic rings. The molecule has 13 rings (SSSR count). The van der Waals surface area contributed by atoms with Crippen molar-refractivity contribution in [2.75, 3.05) is 5.32 Å². The average molecular weight is 798 g/mol. The summed E-state index contributed by atoms with van der Waals surface area (Å²) in [5, 5.41) is 9.71. The van der Waals surface area contributed by atoms with E-state index in [0.29, 0.717) is 0 Å². The second-order valence-electron chi connectivity index (χ2n) is 18.9. The Kier molecular flexibility index (Phi) is 7.12. The molecule has 8 aromatic carbocycles. The van der Waals surface area contributed by atoms with Gasteiger partial charge in [0.1, 0.15) is 16.7 Å². The van der Waals surface area contributed by atoms with Crippen molar-refractivity contribution in [3.63, 3.8) is 0 Å². The molecular formula is C57H42BN2O2. The average Bonchev–Trinajstić information content (AvgIpc) is 4.01. The third-order valence-corrected chi connectivity index (χ3v) is 13.9. The first-order valence-corrected chi connectivity index (χ1v) is 21.6. The zero-order valence-corrected chi connectivity index (χ0v) is 35.4. The minimum atomic E-state index is -0.152. The SMILES string of the molecule is CC(C)(C)c1ccc(Nc2cc3c(cc2-c2ccc4c5cc6c(cc5n5c4c2[B]c2cc4occ(-c7ccccc7)c4cc2-5)oc2ccccc26)-c2ccccc2C3(C)C)cc1. The van der Waals surface area contributed by atoms with E-state index in [0.717, 1.165) is 77.6 Å². The van der Waals surface area contributed by atoms with Crippen LogP contribution < -0.4 is 16.2 Å². The van der Waals surface area contributed by atoms with Gasteiger partial charge in [-0.15, -0.1) is 0 Å². The van der Waals surface area contributed by atoms with Crippen LogP contribution in [-0.4, -0.2) is 11.8 Å². The summed E-state index contributed by atoms with van der Waals surface area (Å²) in [6, 6.07) is 55.5. The van der Waals surface area contributed by atoms with E-state index in [4.69, 9.17) is 8.83 Å². The number of benzene rings is 8. The first-order chi connectivity index (χ1) is 30.1. The molecular weight excluding hydrogens is 755 g/mol. The van der Waals surface area contributed by atoms with Gasteiger partial charge in [0.15, 0.2) is 7.28 Å². The van der Waals surface area contributed by atoms with Crippen LogP contribution in [0.2, 0.25) is 0 Å².